The summed E-state index contributed by atoms with van der Waals surface area (Å²) in [5.41, 5.74) is 2.28. The van der Waals surface area contributed by atoms with Crippen LogP contribution < -0.4 is 5.32 Å². The molecular weight excluding hydrogens is 499 g/mol. The molecule has 0 saturated carbocycles. The number of sulfonamides is 1. The molecule has 9 heteroatoms. The number of hydrogen-bond donors (Lipinski definition) is 1. The first-order chi connectivity index (χ1) is 13.7. The second-order valence-electron chi connectivity index (χ2n) is 7.16. The summed E-state index contributed by atoms with van der Waals surface area (Å²) in [5, 5.41) is 3.60. The molecule has 1 amide bonds. The lowest BCUT2D eigenvalue weighted by Crippen LogP contribution is -2.44. The van der Waals surface area contributed by atoms with Crippen molar-refractivity contribution in [2.75, 3.05) is 18.4 Å². The van der Waals surface area contributed by atoms with Crippen LogP contribution in [0.3, 0.4) is 0 Å². The summed E-state index contributed by atoms with van der Waals surface area (Å²) in [6, 6.07) is 10.4. The van der Waals surface area contributed by atoms with Crippen LogP contribution in [0, 0.1) is 12.8 Å². The fourth-order valence-corrected chi connectivity index (χ4v) is 5.47. The molecule has 1 N–H and O–H groups in total. The topological polar surface area (TPSA) is 66.5 Å². The predicted octanol–water partition coefficient (Wildman–Crippen LogP) is 5.24. The zero-order valence-electron chi connectivity index (χ0n) is 15.8. The van der Waals surface area contributed by atoms with E-state index in [2.05, 4.69) is 21.2 Å². The van der Waals surface area contributed by atoms with Gasteiger partial charge in [-0.1, -0.05) is 45.2 Å². The van der Waals surface area contributed by atoms with Gasteiger partial charge in [-0.25, -0.2) is 12.7 Å². The molecule has 0 radical (unpaired) electrons. The van der Waals surface area contributed by atoms with Gasteiger partial charge in [-0.05, 0) is 61.2 Å². The van der Waals surface area contributed by atoms with Crippen molar-refractivity contribution in [2.45, 2.75) is 25.5 Å². The van der Waals surface area contributed by atoms with Gasteiger partial charge in [-0.2, -0.15) is 0 Å². The third kappa shape index (κ3) is 5.73. The monoisotopic (exact) mass is 518 g/mol. The SMILES string of the molecule is Cc1cc(NC(=O)C2CCCN(S(=O)(=O)Cc3ccc(Cl)c(Cl)c3)C2)ccc1Br. The Balaban J connectivity index is 1.67. The third-order valence-electron chi connectivity index (χ3n) is 4.91. The van der Waals surface area contributed by atoms with Crippen LogP contribution in [-0.4, -0.2) is 31.7 Å². The van der Waals surface area contributed by atoms with Crippen molar-refractivity contribution in [3.8, 4) is 0 Å². The van der Waals surface area contributed by atoms with Crippen molar-refractivity contribution in [3.05, 3.63) is 62.0 Å². The summed E-state index contributed by atoms with van der Waals surface area (Å²) in [4.78, 5) is 12.7. The lowest BCUT2D eigenvalue weighted by Gasteiger charge is -2.31. The second kappa shape index (κ2) is 9.35. The number of hydrogen-bond acceptors (Lipinski definition) is 3. The zero-order valence-corrected chi connectivity index (χ0v) is 19.7. The van der Waals surface area contributed by atoms with E-state index in [1.165, 1.54) is 4.31 Å². The number of nitrogens with one attached hydrogen (secondary N) is 1. The molecule has 0 aromatic heterocycles. The number of piperidine rings is 1. The van der Waals surface area contributed by atoms with E-state index >= 15 is 0 Å². The van der Waals surface area contributed by atoms with Crippen LogP contribution in [0.25, 0.3) is 0 Å². The Morgan fingerprint density at radius 3 is 2.66 bits per heavy atom. The first-order valence-corrected chi connectivity index (χ1v) is 12.3. The number of carbonyl (C=O) groups is 1. The van der Waals surface area contributed by atoms with Crippen molar-refractivity contribution >= 4 is 60.7 Å². The Morgan fingerprint density at radius 2 is 1.97 bits per heavy atom. The molecule has 1 heterocycles. The first-order valence-electron chi connectivity index (χ1n) is 9.14. The smallest absolute Gasteiger partial charge is 0.228 e. The highest BCUT2D eigenvalue weighted by atomic mass is 79.9. The largest absolute Gasteiger partial charge is 0.326 e. The lowest BCUT2D eigenvalue weighted by molar-refractivity contribution is -0.120. The molecule has 0 aliphatic carbocycles. The van der Waals surface area contributed by atoms with Crippen molar-refractivity contribution < 1.29 is 13.2 Å². The molecule has 2 aromatic rings. The van der Waals surface area contributed by atoms with E-state index in [0.29, 0.717) is 40.7 Å². The number of anilines is 1. The van der Waals surface area contributed by atoms with Crippen LogP contribution in [0.1, 0.15) is 24.0 Å². The molecule has 5 nitrogen and oxygen atoms in total. The Morgan fingerprint density at radius 1 is 1.21 bits per heavy atom. The van der Waals surface area contributed by atoms with E-state index < -0.39 is 15.9 Å². The maximum atomic E-state index is 12.9. The molecule has 1 aliphatic rings. The van der Waals surface area contributed by atoms with Crippen LogP contribution in [0.5, 0.6) is 0 Å². The highest BCUT2D eigenvalue weighted by molar-refractivity contribution is 9.10. The lowest BCUT2D eigenvalue weighted by atomic mass is 9.98. The highest BCUT2D eigenvalue weighted by Crippen LogP contribution is 2.27. The Kier molecular flexibility index (Phi) is 7.27. The molecule has 1 unspecified atom stereocenters. The maximum Gasteiger partial charge on any atom is 0.228 e. The quantitative estimate of drug-likeness (QED) is 0.587. The number of rotatable bonds is 5. The van der Waals surface area contributed by atoms with Crippen LogP contribution >= 0.6 is 39.1 Å². The molecule has 1 fully saturated rings. The fraction of sp³-hybridized carbons (Fsp3) is 0.350. The van der Waals surface area contributed by atoms with E-state index in [1.54, 1.807) is 18.2 Å². The summed E-state index contributed by atoms with van der Waals surface area (Å²) in [5.74, 6) is -0.734. The van der Waals surface area contributed by atoms with E-state index in [-0.39, 0.29) is 18.2 Å². The minimum Gasteiger partial charge on any atom is -0.326 e. The first kappa shape index (κ1) is 22.6. The summed E-state index contributed by atoms with van der Waals surface area (Å²) in [6.45, 7) is 2.52. The van der Waals surface area contributed by atoms with Gasteiger partial charge >= 0.3 is 0 Å². The molecule has 0 bridgehead atoms. The van der Waals surface area contributed by atoms with Crippen LogP contribution in [0.15, 0.2) is 40.9 Å². The van der Waals surface area contributed by atoms with Crippen molar-refractivity contribution in [1.29, 1.82) is 0 Å². The molecular formula is C20H21BrCl2N2O3S. The minimum atomic E-state index is -3.57. The average molecular weight is 520 g/mol. The zero-order chi connectivity index (χ0) is 21.2. The maximum absolute atomic E-state index is 12.9. The van der Waals surface area contributed by atoms with Gasteiger partial charge in [0.25, 0.3) is 0 Å². The molecule has 0 spiro atoms. The third-order valence-corrected chi connectivity index (χ3v) is 8.35. The normalized spacial score (nSPS) is 17.9. The van der Waals surface area contributed by atoms with Crippen LogP contribution in [-0.2, 0) is 20.6 Å². The fourth-order valence-electron chi connectivity index (χ4n) is 3.31. The molecule has 2 aromatic carbocycles. The number of nitrogens with zero attached hydrogens (tertiary/aromatic N) is 1. The highest BCUT2D eigenvalue weighted by Gasteiger charge is 2.32. The summed E-state index contributed by atoms with van der Waals surface area (Å²) < 4.78 is 28.1. The van der Waals surface area contributed by atoms with Crippen molar-refractivity contribution in [3.63, 3.8) is 0 Å². The van der Waals surface area contributed by atoms with Gasteiger partial charge in [0.05, 0.1) is 21.7 Å². The Labute approximate surface area is 189 Å². The molecule has 156 valence electrons. The van der Waals surface area contributed by atoms with E-state index in [1.807, 2.05) is 25.1 Å². The number of aryl methyl sites for hydroxylation is 1. The molecule has 1 aliphatic heterocycles. The van der Waals surface area contributed by atoms with E-state index in [4.69, 9.17) is 23.2 Å². The van der Waals surface area contributed by atoms with E-state index in [0.717, 1.165) is 10.0 Å². The van der Waals surface area contributed by atoms with Crippen molar-refractivity contribution in [2.24, 2.45) is 5.92 Å². The van der Waals surface area contributed by atoms with Gasteiger partial charge in [0.2, 0.25) is 15.9 Å². The van der Waals surface area contributed by atoms with Crippen molar-refractivity contribution in [1.82, 2.24) is 4.31 Å². The Hall–Kier alpha value is -1.12. The molecule has 1 atom stereocenters. The second-order valence-corrected chi connectivity index (χ2v) is 10.8. The van der Waals surface area contributed by atoms with Gasteiger partial charge in [0, 0.05) is 23.2 Å². The van der Waals surface area contributed by atoms with Gasteiger partial charge < -0.3 is 5.32 Å². The summed E-state index contributed by atoms with van der Waals surface area (Å²) in [7, 11) is -3.57. The number of carbonyl (C=O) groups excluding carboxylic acids is 1. The number of halogens is 3. The van der Waals surface area contributed by atoms with Crippen LogP contribution in [0.4, 0.5) is 5.69 Å². The van der Waals surface area contributed by atoms with Gasteiger partial charge in [0.1, 0.15) is 0 Å². The average Bonchev–Trinajstić information content (AvgIpc) is 2.67. The predicted molar refractivity (Wildman–Crippen MR) is 121 cm³/mol. The van der Waals surface area contributed by atoms with Gasteiger partial charge in [-0.3, -0.25) is 4.79 Å². The minimum absolute atomic E-state index is 0.166. The number of amides is 1. The molecule has 29 heavy (non-hydrogen) atoms. The van der Waals surface area contributed by atoms with E-state index in [9.17, 15) is 13.2 Å². The van der Waals surface area contributed by atoms with Crippen LogP contribution in [0.2, 0.25) is 10.0 Å². The summed E-state index contributed by atoms with van der Waals surface area (Å²) >= 11 is 15.3. The van der Waals surface area contributed by atoms with Gasteiger partial charge in [0.15, 0.2) is 0 Å². The van der Waals surface area contributed by atoms with Gasteiger partial charge in [-0.15, -0.1) is 0 Å². The Bertz CT molecular complexity index is 1030. The molecule has 1 saturated heterocycles. The number of benzene rings is 2. The molecule has 3 rings (SSSR count). The standard InChI is InChI=1S/C20H21BrCl2N2O3S/c1-13-9-16(5-6-17(13)21)24-20(26)15-3-2-8-25(11-15)29(27,28)12-14-4-7-18(22)19(23)10-14/h4-7,9-10,15H,2-3,8,11-12H2,1H3,(H,24,26). The summed E-state index contributed by atoms with van der Waals surface area (Å²) in [6.07, 6.45) is 1.29.